The molecule has 2 rings (SSSR count). The number of hydrogen-bond donors (Lipinski definition) is 2. The summed E-state index contributed by atoms with van der Waals surface area (Å²) in [6, 6.07) is 0.197. The maximum atomic E-state index is 12.3. The van der Waals surface area contributed by atoms with Crippen LogP contribution < -0.4 is 5.32 Å². The molecule has 0 spiro atoms. The lowest BCUT2D eigenvalue weighted by Crippen LogP contribution is -2.41. The summed E-state index contributed by atoms with van der Waals surface area (Å²) in [5, 5.41) is 11.0. The van der Waals surface area contributed by atoms with Crippen LogP contribution >= 0.6 is 11.3 Å². The molecular weight excluding hydrogens is 300 g/mol. The van der Waals surface area contributed by atoms with Gasteiger partial charge < -0.3 is 10.4 Å². The van der Waals surface area contributed by atoms with Gasteiger partial charge in [-0.15, -0.1) is 11.3 Å². The molecule has 0 radical (unpaired) electrons. The molecule has 2 unspecified atom stereocenters. The minimum absolute atomic E-state index is 0.398. The molecule has 1 amide bonds. The highest BCUT2D eigenvalue weighted by atomic mass is 32.1. The van der Waals surface area contributed by atoms with Crippen LogP contribution in [0.3, 0.4) is 0 Å². The number of carboxylic acid groups (broad SMARTS) is 1. The molecule has 0 aromatic carbocycles. The summed E-state index contributed by atoms with van der Waals surface area (Å²) in [6.07, 6.45) is -0.781. The van der Waals surface area contributed by atoms with E-state index < -0.39 is 30.8 Å². The number of nitrogens with one attached hydrogen (secondary N) is 1. The third-order valence-electron chi connectivity index (χ3n) is 3.57. The van der Waals surface area contributed by atoms with Crippen LogP contribution in [0.25, 0.3) is 0 Å². The molecule has 116 valence electrons. The van der Waals surface area contributed by atoms with Gasteiger partial charge in [0.15, 0.2) is 0 Å². The first kappa shape index (κ1) is 15.9. The van der Waals surface area contributed by atoms with E-state index in [9.17, 15) is 18.4 Å². The Labute approximate surface area is 125 Å². The SMILES string of the molecule is CC1CCc2sc(C(=O)NC(CC(F)F)C(=O)O)cc2C1. The van der Waals surface area contributed by atoms with E-state index in [-0.39, 0.29) is 0 Å². The predicted octanol–water partition coefficient (Wildman–Crippen LogP) is 2.71. The van der Waals surface area contributed by atoms with Crippen molar-refractivity contribution in [1.29, 1.82) is 0 Å². The van der Waals surface area contributed by atoms with Crippen molar-refractivity contribution >= 4 is 23.2 Å². The Bertz CT molecular complexity index is 544. The minimum Gasteiger partial charge on any atom is -0.480 e. The smallest absolute Gasteiger partial charge is 0.326 e. The molecule has 0 saturated heterocycles. The van der Waals surface area contributed by atoms with Crippen molar-refractivity contribution in [3.8, 4) is 0 Å². The van der Waals surface area contributed by atoms with Gasteiger partial charge in [-0.1, -0.05) is 6.92 Å². The number of aryl methyl sites for hydroxylation is 1. The highest BCUT2D eigenvalue weighted by Crippen LogP contribution is 2.32. The van der Waals surface area contributed by atoms with Crippen LogP contribution in [0.15, 0.2) is 6.07 Å². The maximum absolute atomic E-state index is 12.3. The second-order valence-corrected chi connectivity index (χ2v) is 6.53. The van der Waals surface area contributed by atoms with Gasteiger partial charge in [-0.05, 0) is 36.8 Å². The molecular formula is C14H17F2NO3S. The van der Waals surface area contributed by atoms with Gasteiger partial charge in [0, 0.05) is 11.3 Å². The highest BCUT2D eigenvalue weighted by Gasteiger charge is 2.26. The fraction of sp³-hybridized carbons (Fsp3) is 0.571. The van der Waals surface area contributed by atoms with Gasteiger partial charge in [-0.25, -0.2) is 13.6 Å². The van der Waals surface area contributed by atoms with Crippen molar-refractivity contribution in [1.82, 2.24) is 5.32 Å². The standard InChI is InChI=1S/C14H17F2NO3S/c1-7-2-3-10-8(4-7)5-11(21-10)13(18)17-9(14(19)20)6-12(15)16/h5,7,9,12H,2-4,6H2,1H3,(H,17,18)(H,19,20). The lowest BCUT2D eigenvalue weighted by Gasteiger charge is -2.16. The van der Waals surface area contributed by atoms with E-state index in [1.165, 1.54) is 11.3 Å². The van der Waals surface area contributed by atoms with E-state index in [0.717, 1.165) is 29.7 Å². The van der Waals surface area contributed by atoms with Gasteiger partial charge in [0.2, 0.25) is 6.43 Å². The molecule has 0 bridgehead atoms. The summed E-state index contributed by atoms with van der Waals surface area (Å²) in [6.45, 7) is 2.14. The van der Waals surface area contributed by atoms with Gasteiger partial charge >= 0.3 is 5.97 Å². The zero-order valence-corrected chi connectivity index (χ0v) is 12.4. The van der Waals surface area contributed by atoms with E-state index in [1.807, 2.05) is 0 Å². The van der Waals surface area contributed by atoms with Crippen LogP contribution in [0.4, 0.5) is 8.78 Å². The molecule has 21 heavy (non-hydrogen) atoms. The lowest BCUT2D eigenvalue weighted by atomic mass is 9.90. The summed E-state index contributed by atoms with van der Waals surface area (Å²) in [5.41, 5.74) is 1.12. The molecule has 2 atom stereocenters. The number of rotatable bonds is 5. The summed E-state index contributed by atoms with van der Waals surface area (Å²) >= 11 is 1.33. The Hall–Kier alpha value is -1.50. The Morgan fingerprint density at radius 2 is 2.24 bits per heavy atom. The first-order chi connectivity index (χ1) is 9.86. The molecule has 2 N–H and O–H groups in total. The van der Waals surface area contributed by atoms with Crippen LogP contribution in [0.2, 0.25) is 0 Å². The molecule has 1 aliphatic carbocycles. The maximum Gasteiger partial charge on any atom is 0.326 e. The summed E-state index contributed by atoms with van der Waals surface area (Å²) in [5.74, 6) is -1.47. The first-order valence-corrected chi connectivity index (χ1v) is 7.62. The van der Waals surface area contributed by atoms with Crippen LogP contribution in [-0.4, -0.2) is 29.5 Å². The summed E-state index contributed by atoms with van der Waals surface area (Å²) < 4.78 is 24.6. The Morgan fingerprint density at radius 1 is 1.52 bits per heavy atom. The molecule has 0 fully saturated rings. The number of fused-ring (bicyclic) bond motifs is 1. The topological polar surface area (TPSA) is 66.4 Å². The number of halogens is 2. The van der Waals surface area contributed by atoms with Crippen molar-refractivity contribution in [3.63, 3.8) is 0 Å². The molecule has 1 aliphatic rings. The van der Waals surface area contributed by atoms with Gasteiger partial charge in [-0.2, -0.15) is 0 Å². The lowest BCUT2D eigenvalue weighted by molar-refractivity contribution is -0.140. The number of alkyl halides is 2. The van der Waals surface area contributed by atoms with Gasteiger partial charge in [0.1, 0.15) is 6.04 Å². The zero-order chi connectivity index (χ0) is 15.6. The largest absolute Gasteiger partial charge is 0.480 e. The van der Waals surface area contributed by atoms with Crippen LogP contribution in [0, 0.1) is 5.92 Å². The van der Waals surface area contributed by atoms with Gasteiger partial charge in [0.05, 0.1) is 4.88 Å². The number of carboxylic acids is 1. The zero-order valence-electron chi connectivity index (χ0n) is 11.6. The third-order valence-corrected chi connectivity index (χ3v) is 4.81. The van der Waals surface area contributed by atoms with E-state index in [2.05, 4.69) is 12.2 Å². The Morgan fingerprint density at radius 3 is 2.86 bits per heavy atom. The molecule has 0 aliphatic heterocycles. The molecule has 0 saturated carbocycles. The summed E-state index contributed by atoms with van der Waals surface area (Å²) in [7, 11) is 0. The number of carbonyl (C=O) groups excluding carboxylic acids is 1. The number of aliphatic carboxylic acids is 1. The van der Waals surface area contributed by atoms with Crippen molar-refractivity contribution in [2.45, 2.75) is 45.1 Å². The van der Waals surface area contributed by atoms with E-state index in [4.69, 9.17) is 5.11 Å². The van der Waals surface area contributed by atoms with Crippen LogP contribution in [0.1, 0.15) is 39.9 Å². The highest BCUT2D eigenvalue weighted by molar-refractivity contribution is 7.14. The Balaban J connectivity index is 2.07. The Kier molecular flexibility index (Phi) is 4.92. The predicted molar refractivity (Wildman–Crippen MR) is 75.0 cm³/mol. The van der Waals surface area contributed by atoms with Crippen molar-refractivity contribution < 1.29 is 23.5 Å². The van der Waals surface area contributed by atoms with E-state index in [0.29, 0.717) is 10.8 Å². The summed E-state index contributed by atoms with van der Waals surface area (Å²) in [4.78, 5) is 24.5. The molecule has 7 heteroatoms. The average molecular weight is 317 g/mol. The van der Waals surface area contributed by atoms with E-state index in [1.54, 1.807) is 6.07 Å². The van der Waals surface area contributed by atoms with Crippen molar-refractivity contribution in [2.75, 3.05) is 0 Å². The third kappa shape index (κ3) is 4.00. The molecule has 1 heterocycles. The number of thiophene rings is 1. The number of hydrogen-bond acceptors (Lipinski definition) is 3. The fourth-order valence-corrected chi connectivity index (χ4v) is 3.56. The average Bonchev–Trinajstić information content (AvgIpc) is 2.80. The van der Waals surface area contributed by atoms with Crippen molar-refractivity contribution in [3.05, 3.63) is 21.4 Å². The quantitative estimate of drug-likeness (QED) is 0.877. The van der Waals surface area contributed by atoms with Crippen LogP contribution in [0.5, 0.6) is 0 Å². The normalized spacial score (nSPS) is 19.1. The van der Waals surface area contributed by atoms with Gasteiger partial charge in [0.25, 0.3) is 5.91 Å². The minimum atomic E-state index is -2.77. The fourth-order valence-electron chi connectivity index (χ4n) is 2.45. The second-order valence-electron chi connectivity index (χ2n) is 5.40. The number of carbonyl (C=O) groups is 2. The second kappa shape index (κ2) is 6.51. The monoisotopic (exact) mass is 317 g/mol. The number of amides is 1. The molecule has 1 aromatic heterocycles. The first-order valence-electron chi connectivity index (χ1n) is 6.80. The van der Waals surface area contributed by atoms with E-state index >= 15 is 0 Å². The van der Waals surface area contributed by atoms with Crippen molar-refractivity contribution in [2.24, 2.45) is 5.92 Å². The van der Waals surface area contributed by atoms with Gasteiger partial charge in [-0.3, -0.25) is 4.79 Å². The van der Waals surface area contributed by atoms with Crippen LogP contribution in [-0.2, 0) is 17.6 Å². The molecule has 4 nitrogen and oxygen atoms in total. The molecule has 1 aromatic rings.